The van der Waals surface area contributed by atoms with Crippen LogP contribution < -0.4 is 10.1 Å². The summed E-state index contributed by atoms with van der Waals surface area (Å²) in [5, 5.41) is 13.0. The van der Waals surface area contributed by atoms with E-state index in [-0.39, 0.29) is 6.61 Å². The molecule has 0 aliphatic heterocycles. The minimum Gasteiger partial charge on any atom is -0.497 e. The Morgan fingerprint density at radius 3 is 2.79 bits per heavy atom. The van der Waals surface area contributed by atoms with E-state index in [9.17, 15) is 5.11 Å². The van der Waals surface area contributed by atoms with Gasteiger partial charge in [-0.05, 0) is 30.7 Å². The Bertz CT molecular complexity index is 531. The summed E-state index contributed by atoms with van der Waals surface area (Å²) in [4.78, 5) is 4.10. The van der Waals surface area contributed by atoms with Crippen LogP contribution in [0.25, 0.3) is 0 Å². The normalized spacial score (nSPS) is 13.6. The highest BCUT2D eigenvalue weighted by atomic mass is 16.5. The molecule has 4 heteroatoms. The van der Waals surface area contributed by atoms with Gasteiger partial charge in [0.15, 0.2) is 0 Å². The molecule has 1 heterocycles. The van der Waals surface area contributed by atoms with Gasteiger partial charge in [-0.2, -0.15) is 0 Å². The summed E-state index contributed by atoms with van der Waals surface area (Å²) in [5.41, 5.74) is 1.24. The number of anilines is 1. The molecule has 0 bridgehead atoms. The highest BCUT2D eigenvalue weighted by molar-refractivity contribution is 5.51. The number of aliphatic hydroxyl groups is 1. The first-order valence-electron chi connectivity index (χ1n) is 6.11. The number of pyridine rings is 1. The molecule has 0 saturated carbocycles. The Labute approximate surface area is 113 Å². The van der Waals surface area contributed by atoms with Gasteiger partial charge in [0.05, 0.1) is 19.3 Å². The third-order valence-electron chi connectivity index (χ3n) is 3.10. The number of aromatic nitrogens is 1. The van der Waals surface area contributed by atoms with Crippen molar-refractivity contribution in [1.82, 2.24) is 4.98 Å². The molecule has 0 amide bonds. The van der Waals surface area contributed by atoms with Crippen molar-refractivity contribution in [3.63, 3.8) is 0 Å². The second kappa shape index (κ2) is 5.71. The van der Waals surface area contributed by atoms with Crippen LogP contribution in [0.5, 0.6) is 5.75 Å². The van der Waals surface area contributed by atoms with Gasteiger partial charge in [-0.3, -0.25) is 4.98 Å². The van der Waals surface area contributed by atoms with E-state index in [1.165, 1.54) is 0 Å². The Morgan fingerprint density at radius 2 is 2.16 bits per heavy atom. The topological polar surface area (TPSA) is 54.4 Å². The molecule has 1 aromatic heterocycles. The molecule has 4 nitrogen and oxygen atoms in total. The lowest BCUT2D eigenvalue weighted by Crippen LogP contribution is -2.35. The van der Waals surface area contributed by atoms with E-state index >= 15 is 0 Å². The van der Waals surface area contributed by atoms with Crippen LogP contribution in [0.3, 0.4) is 0 Å². The largest absolute Gasteiger partial charge is 0.497 e. The van der Waals surface area contributed by atoms with E-state index in [1.54, 1.807) is 19.5 Å². The molecule has 2 aromatic rings. The zero-order valence-electron chi connectivity index (χ0n) is 11.1. The van der Waals surface area contributed by atoms with Crippen LogP contribution in [0.2, 0.25) is 0 Å². The number of nitrogens with zero attached hydrogens (tertiary/aromatic N) is 1. The number of benzene rings is 1. The zero-order valence-corrected chi connectivity index (χ0v) is 11.1. The van der Waals surface area contributed by atoms with Crippen molar-refractivity contribution >= 4 is 5.69 Å². The Morgan fingerprint density at radius 1 is 1.32 bits per heavy atom. The van der Waals surface area contributed by atoms with E-state index < -0.39 is 5.54 Å². The summed E-state index contributed by atoms with van der Waals surface area (Å²) in [7, 11) is 1.63. The molecule has 100 valence electrons. The standard InChI is InChI=1S/C15H18N2O2/c1-15(11-18,12-5-4-8-16-10-12)17-13-6-3-7-14(9-13)19-2/h3-10,17-18H,11H2,1-2H3. The maximum Gasteiger partial charge on any atom is 0.120 e. The van der Waals surface area contributed by atoms with Gasteiger partial charge in [0.2, 0.25) is 0 Å². The average molecular weight is 258 g/mol. The van der Waals surface area contributed by atoms with Crippen molar-refractivity contribution in [2.45, 2.75) is 12.5 Å². The second-order valence-corrected chi connectivity index (χ2v) is 4.59. The molecule has 0 aliphatic carbocycles. The Hall–Kier alpha value is -2.07. The molecule has 1 unspecified atom stereocenters. The first-order chi connectivity index (χ1) is 9.18. The summed E-state index contributed by atoms with van der Waals surface area (Å²) in [6.07, 6.45) is 3.47. The highest BCUT2D eigenvalue weighted by Crippen LogP contribution is 2.27. The molecule has 1 aromatic carbocycles. The van der Waals surface area contributed by atoms with Crippen LogP contribution in [0.15, 0.2) is 48.8 Å². The summed E-state index contributed by atoms with van der Waals surface area (Å²) in [6, 6.07) is 11.4. The lowest BCUT2D eigenvalue weighted by Gasteiger charge is -2.30. The van der Waals surface area contributed by atoms with Crippen LogP contribution in [0.1, 0.15) is 12.5 Å². The minimum absolute atomic E-state index is 0.0318. The van der Waals surface area contributed by atoms with Crippen molar-refractivity contribution in [3.05, 3.63) is 54.4 Å². The van der Waals surface area contributed by atoms with Crippen LogP contribution in [-0.2, 0) is 5.54 Å². The van der Waals surface area contributed by atoms with Gasteiger partial charge in [-0.1, -0.05) is 12.1 Å². The summed E-state index contributed by atoms with van der Waals surface area (Å²) in [6.45, 7) is 1.90. The quantitative estimate of drug-likeness (QED) is 0.864. The molecular weight excluding hydrogens is 240 g/mol. The molecule has 2 N–H and O–H groups in total. The number of rotatable bonds is 5. The lowest BCUT2D eigenvalue weighted by molar-refractivity contribution is 0.223. The van der Waals surface area contributed by atoms with Crippen molar-refractivity contribution < 1.29 is 9.84 Å². The number of nitrogens with one attached hydrogen (secondary N) is 1. The van der Waals surface area contributed by atoms with Crippen molar-refractivity contribution in [1.29, 1.82) is 0 Å². The van der Waals surface area contributed by atoms with Gasteiger partial charge >= 0.3 is 0 Å². The van der Waals surface area contributed by atoms with E-state index in [0.717, 1.165) is 17.0 Å². The molecular formula is C15H18N2O2. The predicted molar refractivity (Wildman–Crippen MR) is 75.3 cm³/mol. The molecule has 0 fully saturated rings. The Balaban J connectivity index is 2.27. The molecule has 0 radical (unpaired) electrons. The third kappa shape index (κ3) is 3.03. The molecule has 1 atom stereocenters. The summed E-state index contributed by atoms with van der Waals surface area (Å²) < 4.78 is 5.19. The molecule has 0 spiro atoms. The summed E-state index contributed by atoms with van der Waals surface area (Å²) >= 11 is 0. The van der Waals surface area contributed by atoms with Gasteiger partial charge in [-0.15, -0.1) is 0 Å². The number of methoxy groups -OCH3 is 1. The fourth-order valence-electron chi connectivity index (χ4n) is 1.91. The first kappa shape index (κ1) is 13.4. The maximum absolute atomic E-state index is 9.71. The van der Waals surface area contributed by atoms with Crippen molar-refractivity contribution in [3.8, 4) is 5.75 Å². The third-order valence-corrected chi connectivity index (χ3v) is 3.10. The number of ether oxygens (including phenoxy) is 1. The molecule has 19 heavy (non-hydrogen) atoms. The number of hydrogen-bond donors (Lipinski definition) is 2. The van der Waals surface area contributed by atoms with Gasteiger partial charge < -0.3 is 15.2 Å². The average Bonchev–Trinajstić information content (AvgIpc) is 2.48. The lowest BCUT2D eigenvalue weighted by atomic mass is 9.94. The van der Waals surface area contributed by atoms with E-state index in [1.807, 2.05) is 43.3 Å². The first-order valence-corrected chi connectivity index (χ1v) is 6.11. The van der Waals surface area contributed by atoms with Gasteiger partial charge in [0.25, 0.3) is 0 Å². The van der Waals surface area contributed by atoms with Crippen LogP contribution in [0.4, 0.5) is 5.69 Å². The fourth-order valence-corrected chi connectivity index (χ4v) is 1.91. The van der Waals surface area contributed by atoms with Crippen molar-refractivity contribution in [2.75, 3.05) is 19.0 Å². The van der Waals surface area contributed by atoms with E-state index in [4.69, 9.17) is 4.74 Å². The fraction of sp³-hybridized carbons (Fsp3) is 0.267. The number of hydrogen-bond acceptors (Lipinski definition) is 4. The van der Waals surface area contributed by atoms with E-state index in [2.05, 4.69) is 10.3 Å². The van der Waals surface area contributed by atoms with Crippen LogP contribution in [-0.4, -0.2) is 23.8 Å². The van der Waals surface area contributed by atoms with Gasteiger partial charge in [-0.25, -0.2) is 0 Å². The predicted octanol–water partition coefficient (Wildman–Crippen LogP) is 2.41. The van der Waals surface area contributed by atoms with E-state index in [0.29, 0.717) is 0 Å². The molecule has 0 saturated heterocycles. The van der Waals surface area contributed by atoms with Crippen molar-refractivity contribution in [2.24, 2.45) is 0 Å². The zero-order chi connectivity index (χ0) is 13.7. The summed E-state index contributed by atoms with van der Waals surface area (Å²) in [5.74, 6) is 0.775. The molecule has 2 rings (SSSR count). The van der Waals surface area contributed by atoms with Gasteiger partial charge in [0, 0.05) is 24.1 Å². The number of aliphatic hydroxyl groups excluding tert-OH is 1. The SMILES string of the molecule is COc1cccc(NC(C)(CO)c2cccnc2)c1. The van der Waals surface area contributed by atoms with Gasteiger partial charge in [0.1, 0.15) is 5.75 Å². The maximum atomic E-state index is 9.71. The highest BCUT2D eigenvalue weighted by Gasteiger charge is 2.25. The second-order valence-electron chi connectivity index (χ2n) is 4.59. The van der Waals surface area contributed by atoms with Crippen LogP contribution in [0, 0.1) is 0 Å². The Kier molecular flexibility index (Phi) is 4.02. The van der Waals surface area contributed by atoms with Crippen LogP contribution >= 0.6 is 0 Å². The molecule has 0 aliphatic rings. The smallest absolute Gasteiger partial charge is 0.120 e. The monoisotopic (exact) mass is 258 g/mol. The minimum atomic E-state index is -0.583.